The molecule has 1 aliphatic rings. The van der Waals surface area contributed by atoms with Gasteiger partial charge in [-0.25, -0.2) is 0 Å². The lowest BCUT2D eigenvalue weighted by atomic mass is 10.2. The van der Waals surface area contributed by atoms with E-state index < -0.39 is 6.61 Å². The third-order valence-corrected chi connectivity index (χ3v) is 2.36. The quantitative estimate of drug-likeness (QED) is 0.810. The second-order valence-electron chi connectivity index (χ2n) is 3.44. The van der Waals surface area contributed by atoms with Gasteiger partial charge in [-0.1, -0.05) is 12.1 Å². The van der Waals surface area contributed by atoms with Crippen molar-refractivity contribution in [2.75, 3.05) is 24.7 Å². The first-order valence-corrected chi connectivity index (χ1v) is 5.10. The van der Waals surface area contributed by atoms with Crippen molar-refractivity contribution in [1.82, 2.24) is 0 Å². The summed E-state index contributed by atoms with van der Waals surface area (Å²) >= 11 is 0. The number of carbonyl (C=O) groups is 1. The lowest BCUT2D eigenvalue weighted by Gasteiger charge is -2.28. The summed E-state index contributed by atoms with van der Waals surface area (Å²) in [7, 11) is 0. The summed E-state index contributed by atoms with van der Waals surface area (Å²) in [4.78, 5) is 13.0. The van der Waals surface area contributed by atoms with Crippen LogP contribution in [-0.4, -0.2) is 32.3 Å². The molecule has 1 fully saturated rings. The summed E-state index contributed by atoms with van der Waals surface area (Å²) in [5.41, 5.74) is 0.348. The number of morpholine rings is 1. The Morgan fingerprint density at radius 1 is 1.35 bits per heavy atom. The molecule has 0 aromatic heterocycles. The minimum atomic E-state index is -2.91. The maximum atomic E-state index is 12.2. The first-order valence-electron chi connectivity index (χ1n) is 5.10. The fourth-order valence-electron chi connectivity index (χ4n) is 1.65. The molecule has 0 bridgehead atoms. The van der Waals surface area contributed by atoms with Crippen molar-refractivity contribution in [1.29, 1.82) is 0 Å². The molecule has 4 nitrogen and oxygen atoms in total. The number of ether oxygens (including phenoxy) is 2. The molecule has 0 saturated carbocycles. The second kappa shape index (κ2) is 5.09. The first-order chi connectivity index (χ1) is 8.18. The van der Waals surface area contributed by atoms with E-state index in [1.807, 2.05) is 0 Å². The van der Waals surface area contributed by atoms with Crippen LogP contribution in [0.25, 0.3) is 0 Å². The smallest absolute Gasteiger partial charge is 0.387 e. The van der Waals surface area contributed by atoms with Crippen LogP contribution >= 0.6 is 0 Å². The molecule has 92 valence electrons. The third kappa shape index (κ3) is 2.71. The molecule has 0 aliphatic carbocycles. The average Bonchev–Trinajstić information content (AvgIpc) is 2.30. The highest BCUT2D eigenvalue weighted by Gasteiger charge is 2.23. The van der Waals surface area contributed by atoms with Gasteiger partial charge < -0.3 is 14.4 Å². The van der Waals surface area contributed by atoms with Gasteiger partial charge in [-0.15, -0.1) is 0 Å². The minimum absolute atomic E-state index is 0.00208. The number of anilines is 1. The van der Waals surface area contributed by atoms with Gasteiger partial charge in [-0.3, -0.25) is 4.79 Å². The van der Waals surface area contributed by atoms with Gasteiger partial charge in [0.1, 0.15) is 12.4 Å². The molecule has 0 atom stereocenters. The van der Waals surface area contributed by atoms with Gasteiger partial charge in [-0.05, 0) is 12.1 Å². The standard InChI is InChI=1S/C11H11F2NO3/c12-11(13)17-9-4-2-1-3-8(9)14-5-6-16-7-10(14)15/h1-4,11H,5-7H2. The van der Waals surface area contributed by atoms with Crippen LogP contribution in [0.3, 0.4) is 0 Å². The Morgan fingerprint density at radius 3 is 2.82 bits per heavy atom. The number of rotatable bonds is 3. The number of benzene rings is 1. The van der Waals surface area contributed by atoms with Crippen molar-refractivity contribution in [2.24, 2.45) is 0 Å². The summed E-state index contributed by atoms with van der Waals surface area (Å²) in [5.74, 6) is -0.265. The van der Waals surface area contributed by atoms with E-state index in [1.54, 1.807) is 18.2 Å². The van der Waals surface area contributed by atoms with Gasteiger partial charge in [-0.2, -0.15) is 8.78 Å². The van der Waals surface area contributed by atoms with Gasteiger partial charge in [0, 0.05) is 6.54 Å². The number of alkyl halides is 2. The van der Waals surface area contributed by atoms with Crippen molar-refractivity contribution < 1.29 is 23.0 Å². The number of amides is 1. The maximum Gasteiger partial charge on any atom is 0.387 e. The summed E-state index contributed by atoms with van der Waals surface area (Å²) in [6.45, 7) is -2.23. The molecule has 17 heavy (non-hydrogen) atoms. The van der Waals surface area contributed by atoms with Gasteiger partial charge in [0.15, 0.2) is 0 Å². The summed E-state index contributed by atoms with van der Waals surface area (Å²) in [6.07, 6.45) is 0. The van der Waals surface area contributed by atoms with E-state index in [0.29, 0.717) is 18.8 Å². The molecule has 1 heterocycles. The second-order valence-corrected chi connectivity index (χ2v) is 3.44. The van der Waals surface area contributed by atoms with Crippen molar-refractivity contribution >= 4 is 11.6 Å². The van der Waals surface area contributed by atoms with E-state index in [0.717, 1.165) is 0 Å². The van der Waals surface area contributed by atoms with Crippen molar-refractivity contribution in [2.45, 2.75) is 6.61 Å². The highest BCUT2D eigenvalue weighted by Crippen LogP contribution is 2.30. The fourth-order valence-corrected chi connectivity index (χ4v) is 1.65. The molecular weight excluding hydrogens is 232 g/mol. The Hall–Kier alpha value is -1.69. The first kappa shape index (κ1) is 11.8. The van der Waals surface area contributed by atoms with Crippen LogP contribution < -0.4 is 9.64 Å². The Bertz CT molecular complexity index is 411. The van der Waals surface area contributed by atoms with Crippen LogP contribution in [-0.2, 0) is 9.53 Å². The predicted octanol–water partition coefficient (Wildman–Crippen LogP) is 1.65. The zero-order chi connectivity index (χ0) is 12.3. The Balaban J connectivity index is 2.26. The number of halogens is 2. The van der Waals surface area contributed by atoms with E-state index >= 15 is 0 Å². The normalized spacial score (nSPS) is 16.4. The predicted molar refractivity (Wildman–Crippen MR) is 56.2 cm³/mol. The van der Waals surface area contributed by atoms with Gasteiger partial charge in [0.25, 0.3) is 5.91 Å². The molecule has 0 N–H and O–H groups in total. The highest BCUT2D eigenvalue weighted by atomic mass is 19.3. The summed E-state index contributed by atoms with van der Waals surface area (Å²) < 4.78 is 33.8. The monoisotopic (exact) mass is 243 g/mol. The zero-order valence-corrected chi connectivity index (χ0v) is 8.94. The SMILES string of the molecule is O=C1COCCN1c1ccccc1OC(F)F. The van der Waals surface area contributed by atoms with Crippen LogP contribution in [0.2, 0.25) is 0 Å². The van der Waals surface area contributed by atoms with Crippen molar-refractivity contribution in [3.63, 3.8) is 0 Å². The number of hydrogen-bond acceptors (Lipinski definition) is 3. The Morgan fingerprint density at radius 2 is 2.12 bits per heavy atom. The molecule has 0 spiro atoms. The summed E-state index contributed by atoms with van der Waals surface area (Å²) in [5, 5.41) is 0. The van der Waals surface area contributed by atoms with E-state index in [2.05, 4.69) is 4.74 Å². The lowest BCUT2D eigenvalue weighted by molar-refractivity contribution is -0.125. The van der Waals surface area contributed by atoms with Gasteiger partial charge in [0.2, 0.25) is 0 Å². The molecule has 1 saturated heterocycles. The molecule has 2 rings (SSSR count). The number of nitrogens with zero attached hydrogens (tertiary/aromatic N) is 1. The van der Waals surface area contributed by atoms with Crippen molar-refractivity contribution in [3.05, 3.63) is 24.3 Å². The van der Waals surface area contributed by atoms with Crippen LogP contribution in [0, 0.1) is 0 Å². The van der Waals surface area contributed by atoms with Crippen LogP contribution in [0.1, 0.15) is 0 Å². The largest absolute Gasteiger partial charge is 0.433 e. The van der Waals surface area contributed by atoms with Crippen LogP contribution in [0.5, 0.6) is 5.75 Å². The lowest BCUT2D eigenvalue weighted by Crippen LogP contribution is -2.41. The van der Waals surface area contributed by atoms with Crippen LogP contribution in [0.15, 0.2) is 24.3 Å². The van der Waals surface area contributed by atoms with Gasteiger partial charge >= 0.3 is 6.61 Å². The molecule has 1 aromatic carbocycles. The van der Waals surface area contributed by atoms with E-state index in [-0.39, 0.29) is 18.3 Å². The van der Waals surface area contributed by atoms with Crippen molar-refractivity contribution in [3.8, 4) is 5.75 Å². The zero-order valence-electron chi connectivity index (χ0n) is 8.94. The molecule has 1 aromatic rings. The maximum absolute atomic E-state index is 12.2. The molecule has 0 unspecified atom stereocenters. The minimum Gasteiger partial charge on any atom is -0.433 e. The molecular formula is C11H11F2NO3. The summed E-state index contributed by atoms with van der Waals surface area (Å²) in [6, 6.07) is 6.22. The molecule has 6 heteroatoms. The molecule has 1 amide bonds. The Labute approximate surface area is 96.7 Å². The van der Waals surface area contributed by atoms with E-state index in [9.17, 15) is 13.6 Å². The highest BCUT2D eigenvalue weighted by molar-refractivity contribution is 5.96. The topological polar surface area (TPSA) is 38.8 Å². The van der Waals surface area contributed by atoms with E-state index in [4.69, 9.17) is 4.74 Å². The fraction of sp³-hybridized carbons (Fsp3) is 0.364. The number of carbonyl (C=O) groups excluding carboxylic acids is 1. The third-order valence-electron chi connectivity index (χ3n) is 2.36. The van der Waals surface area contributed by atoms with Gasteiger partial charge in [0.05, 0.1) is 12.3 Å². The molecule has 1 aliphatic heterocycles. The Kier molecular flexibility index (Phi) is 3.53. The number of para-hydroxylation sites is 2. The average molecular weight is 243 g/mol. The number of hydrogen-bond donors (Lipinski definition) is 0. The molecule has 0 radical (unpaired) electrons. The van der Waals surface area contributed by atoms with Crippen LogP contribution in [0.4, 0.5) is 14.5 Å². The van der Waals surface area contributed by atoms with E-state index in [1.165, 1.54) is 11.0 Å².